The molecule has 128 valence electrons. The van der Waals surface area contributed by atoms with Crippen LogP contribution in [0.15, 0.2) is 36.7 Å². The lowest BCUT2D eigenvalue weighted by Crippen LogP contribution is -2.32. The van der Waals surface area contributed by atoms with Gasteiger partial charge in [0.25, 0.3) is 5.91 Å². The van der Waals surface area contributed by atoms with Crippen LogP contribution >= 0.6 is 0 Å². The second-order valence-corrected chi connectivity index (χ2v) is 5.29. The summed E-state index contributed by atoms with van der Waals surface area (Å²) in [4.78, 5) is 18.6. The number of carbonyl (C=O) groups is 1. The molecule has 2 N–H and O–H groups in total. The van der Waals surface area contributed by atoms with Gasteiger partial charge >= 0.3 is 0 Å². The van der Waals surface area contributed by atoms with E-state index in [9.17, 15) is 4.79 Å². The third-order valence-electron chi connectivity index (χ3n) is 3.84. The van der Waals surface area contributed by atoms with Gasteiger partial charge in [-0.25, -0.2) is 0 Å². The number of nitrogens with two attached hydrogens (primary N) is 1. The summed E-state index contributed by atoms with van der Waals surface area (Å²) in [5, 5.41) is 0. The molecule has 0 atom stereocenters. The minimum absolute atomic E-state index is 0.0841. The van der Waals surface area contributed by atoms with E-state index < -0.39 is 0 Å². The molecule has 0 bridgehead atoms. The van der Waals surface area contributed by atoms with Gasteiger partial charge in [-0.05, 0) is 43.2 Å². The maximum atomic E-state index is 12.8. The predicted octanol–water partition coefficient (Wildman–Crippen LogP) is 2.39. The van der Waals surface area contributed by atoms with Gasteiger partial charge in [0.05, 0.1) is 19.9 Å². The van der Waals surface area contributed by atoms with Gasteiger partial charge in [-0.15, -0.1) is 0 Å². The Bertz CT molecular complexity index is 689. The Labute approximate surface area is 142 Å². The number of hydrogen-bond acceptors (Lipinski definition) is 5. The molecule has 0 unspecified atom stereocenters. The molecule has 0 saturated heterocycles. The van der Waals surface area contributed by atoms with E-state index in [1.165, 1.54) is 14.2 Å². The molecule has 0 spiro atoms. The van der Waals surface area contributed by atoms with Crippen molar-refractivity contribution >= 4 is 11.6 Å². The molecule has 1 heterocycles. The van der Waals surface area contributed by atoms with E-state index in [0.29, 0.717) is 35.8 Å². The van der Waals surface area contributed by atoms with E-state index in [0.717, 1.165) is 12.0 Å². The molecular weight excluding hydrogens is 306 g/mol. The van der Waals surface area contributed by atoms with E-state index >= 15 is 0 Å². The standard InChI is InChI=1S/C18H23N3O3/c1-4-21(10-7-13-5-8-20-9-6-13)18(22)14-11-15(19)17(24-3)16(12-14)23-2/h5-6,8-9,11-12H,4,7,10,19H2,1-3H3. The highest BCUT2D eigenvalue weighted by molar-refractivity contribution is 5.96. The van der Waals surface area contributed by atoms with Crippen molar-refractivity contribution in [1.82, 2.24) is 9.88 Å². The van der Waals surface area contributed by atoms with Gasteiger partial charge in [-0.2, -0.15) is 0 Å². The van der Waals surface area contributed by atoms with Crippen LogP contribution in [0.5, 0.6) is 11.5 Å². The van der Waals surface area contributed by atoms with Gasteiger partial charge in [0.15, 0.2) is 11.5 Å². The fraction of sp³-hybridized carbons (Fsp3) is 0.333. The highest BCUT2D eigenvalue weighted by Crippen LogP contribution is 2.34. The molecule has 0 saturated carbocycles. The zero-order chi connectivity index (χ0) is 17.5. The lowest BCUT2D eigenvalue weighted by molar-refractivity contribution is 0.0766. The normalized spacial score (nSPS) is 10.3. The Morgan fingerprint density at radius 2 is 1.92 bits per heavy atom. The zero-order valence-corrected chi connectivity index (χ0v) is 14.3. The summed E-state index contributed by atoms with van der Waals surface area (Å²) in [6.07, 6.45) is 4.27. The molecule has 0 aliphatic rings. The molecular formula is C18H23N3O3. The quantitative estimate of drug-likeness (QED) is 0.789. The molecule has 0 aliphatic heterocycles. The zero-order valence-electron chi connectivity index (χ0n) is 14.3. The van der Waals surface area contributed by atoms with Crippen LogP contribution in [0.25, 0.3) is 0 Å². The van der Waals surface area contributed by atoms with Gasteiger partial charge in [-0.3, -0.25) is 9.78 Å². The highest BCUT2D eigenvalue weighted by atomic mass is 16.5. The SMILES string of the molecule is CCN(CCc1ccncc1)C(=O)c1cc(N)c(OC)c(OC)c1. The molecule has 6 heteroatoms. The van der Waals surface area contributed by atoms with Crippen molar-refractivity contribution in [3.8, 4) is 11.5 Å². The molecule has 2 aromatic rings. The number of hydrogen-bond donors (Lipinski definition) is 1. The number of benzene rings is 1. The van der Waals surface area contributed by atoms with Crippen LogP contribution in [0.1, 0.15) is 22.8 Å². The predicted molar refractivity (Wildman–Crippen MR) is 93.5 cm³/mol. The number of carbonyl (C=O) groups excluding carboxylic acids is 1. The summed E-state index contributed by atoms with van der Waals surface area (Å²) in [5.41, 5.74) is 7.98. The number of ether oxygens (including phenoxy) is 2. The molecule has 1 aromatic heterocycles. The summed E-state index contributed by atoms with van der Waals surface area (Å²) in [6.45, 7) is 3.18. The molecule has 0 fully saturated rings. The molecule has 24 heavy (non-hydrogen) atoms. The summed E-state index contributed by atoms with van der Waals surface area (Å²) in [5.74, 6) is 0.805. The molecule has 2 rings (SSSR count). The lowest BCUT2D eigenvalue weighted by atomic mass is 10.1. The van der Waals surface area contributed by atoms with Crippen LogP contribution in [0.3, 0.4) is 0 Å². The Morgan fingerprint density at radius 1 is 1.21 bits per heavy atom. The van der Waals surface area contributed by atoms with Crippen molar-refractivity contribution in [3.63, 3.8) is 0 Å². The van der Waals surface area contributed by atoms with Crippen LogP contribution < -0.4 is 15.2 Å². The average Bonchev–Trinajstić information content (AvgIpc) is 2.62. The van der Waals surface area contributed by atoms with Crippen LogP contribution in [0.4, 0.5) is 5.69 Å². The first-order valence-electron chi connectivity index (χ1n) is 7.80. The maximum absolute atomic E-state index is 12.8. The number of likely N-dealkylation sites (N-methyl/N-ethyl adjacent to an activating group) is 1. The number of pyridine rings is 1. The van der Waals surface area contributed by atoms with Crippen molar-refractivity contribution in [3.05, 3.63) is 47.8 Å². The van der Waals surface area contributed by atoms with E-state index in [-0.39, 0.29) is 5.91 Å². The first kappa shape index (κ1) is 17.6. The van der Waals surface area contributed by atoms with Crippen LogP contribution in [0.2, 0.25) is 0 Å². The van der Waals surface area contributed by atoms with Crippen LogP contribution in [-0.2, 0) is 6.42 Å². The van der Waals surface area contributed by atoms with Gasteiger partial charge in [-0.1, -0.05) is 0 Å². The minimum Gasteiger partial charge on any atom is -0.493 e. The molecule has 0 radical (unpaired) electrons. The second-order valence-electron chi connectivity index (χ2n) is 5.29. The van der Waals surface area contributed by atoms with Crippen LogP contribution in [-0.4, -0.2) is 43.1 Å². The van der Waals surface area contributed by atoms with Crippen molar-refractivity contribution in [2.75, 3.05) is 33.0 Å². The van der Waals surface area contributed by atoms with Crippen molar-refractivity contribution in [2.24, 2.45) is 0 Å². The second kappa shape index (κ2) is 8.19. The fourth-order valence-corrected chi connectivity index (χ4v) is 2.52. The summed E-state index contributed by atoms with van der Waals surface area (Å²) < 4.78 is 10.5. The van der Waals surface area contributed by atoms with Gasteiger partial charge in [0, 0.05) is 31.0 Å². The van der Waals surface area contributed by atoms with Gasteiger partial charge in [0.2, 0.25) is 0 Å². The number of aromatic nitrogens is 1. The van der Waals surface area contributed by atoms with E-state index in [1.54, 1.807) is 29.4 Å². The Hall–Kier alpha value is -2.76. The molecule has 1 aromatic carbocycles. The van der Waals surface area contributed by atoms with E-state index in [2.05, 4.69) is 4.98 Å². The Kier molecular flexibility index (Phi) is 6.01. The first-order valence-corrected chi connectivity index (χ1v) is 7.80. The maximum Gasteiger partial charge on any atom is 0.254 e. The van der Waals surface area contributed by atoms with Crippen molar-refractivity contribution in [2.45, 2.75) is 13.3 Å². The minimum atomic E-state index is -0.0841. The van der Waals surface area contributed by atoms with Crippen molar-refractivity contribution in [1.29, 1.82) is 0 Å². The summed E-state index contributed by atoms with van der Waals surface area (Å²) in [6, 6.07) is 7.19. The lowest BCUT2D eigenvalue weighted by Gasteiger charge is -2.22. The largest absolute Gasteiger partial charge is 0.493 e. The Balaban J connectivity index is 2.17. The van der Waals surface area contributed by atoms with E-state index in [4.69, 9.17) is 15.2 Å². The highest BCUT2D eigenvalue weighted by Gasteiger charge is 2.18. The topological polar surface area (TPSA) is 77.7 Å². The number of nitrogens with zero attached hydrogens (tertiary/aromatic N) is 2. The first-order chi connectivity index (χ1) is 11.6. The van der Waals surface area contributed by atoms with E-state index in [1.807, 2.05) is 19.1 Å². The van der Waals surface area contributed by atoms with Gasteiger partial charge in [0.1, 0.15) is 0 Å². The third kappa shape index (κ3) is 3.95. The smallest absolute Gasteiger partial charge is 0.254 e. The summed E-state index contributed by atoms with van der Waals surface area (Å²) in [7, 11) is 3.04. The monoisotopic (exact) mass is 329 g/mol. The molecule has 0 aliphatic carbocycles. The number of anilines is 1. The number of rotatable bonds is 7. The summed E-state index contributed by atoms with van der Waals surface area (Å²) >= 11 is 0. The number of amides is 1. The molecule has 6 nitrogen and oxygen atoms in total. The fourth-order valence-electron chi connectivity index (χ4n) is 2.52. The third-order valence-corrected chi connectivity index (χ3v) is 3.84. The van der Waals surface area contributed by atoms with Crippen LogP contribution in [0, 0.1) is 0 Å². The molecule has 1 amide bonds. The van der Waals surface area contributed by atoms with Crippen molar-refractivity contribution < 1.29 is 14.3 Å². The number of nitrogen functional groups attached to an aromatic ring is 1. The average molecular weight is 329 g/mol. The van der Waals surface area contributed by atoms with Gasteiger partial charge < -0.3 is 20.1 Å². The number of methoxy groups -OCH3 is 2. The Morgan fingerprint density at radius 3 is 2.50 bits per heavy atom.